The maximum absolute atomic E-state index is 4.56. The van der Waals surface area contributed by atoms with Gasteiger partial charge in [0.2, 0.25) is 0 Å². The molecule has 2 rings (SSSR count). The Hall–Kier alpha value is -1.09. The molecule has 0 amide bonds. The summed E-state index contributed by atoms with van der Waals surface area (Å²) in [7, 11) is 4.35. The van der Waals surface area contributed by atoms with Crippen molar-refractivity contribution in [1.29, 1.82) is 0 Å². The zero-order valence-corrected chi connectivity index (χ0v) is 11.2. The molecule has 17 heavy (non-hydrogen) atoms. The van der Waals surface area contributed by atoms with Crippen molar-refractivity contribution in [1.82, 2.24) is 9.88 Å². The number of hydrogen-bond donors (Lipinski definition) is 0. The Morgan fingerprint density at radius 3 is 2.47 bits per heavy atom. The number of nitrogens with zero attached hydrogens (tertiary/aromatic N) is 3. The molecule has 0 N–H and O–H groups in total. The summed E-state index contributed by atoms with van der Waals surface area (Å²) in [5.74, 6) is 1.14. The SMILES string of the molecule is CCc1ccc(N2CCC(N(C)C)CC2)nc1. The third kappa shape index (κ3) is 2.97. The van der Waals surface area contributed by atoms with Crippen LogP contribution >= 0.6 is 0 Å². The smallest absolute Gasteiger partial charge is 0.128 e. The number of aryl methyl sites for hydroxylation is 1. The maximum Gasteiger partial charge on any atom is 0.128 e. The Morgan fingerprint density at radius 1 is 1.29 bits per heavy atom. The summed E-state index contributed by atoms with van der Waals surface area (Å²) in [6, 6.07) is 5.09. The van der Waals surface area contributed by atoms with E-state index in [4.69, 9.17) is 0 Å². The Labute approximate surface area is 104 Å². The van der Waals surface area contributed by atoms with Crippen LogP contribution < -0.4 is 4.90 Å². The van der Waals surface area contributed by atoms with E-state index in [1.807, 2.05) is 6.20 Å². The highest BCUT2D eigenvalue weighted by atomic mass is 15.2. The molecule has 3 heteroatoms. The van der Waals surface area contributed by atoms with Crippen molar-refractivity contribution in [2.75, 3.05) is 32.1 Å². The third-order valence-corrected chi connectivity index (χ3v) is 3.74. The number of anilines is 1. The van der Waals surface area contributed by atoms with Crippen molar-refractivity contribution in [3.8, 4) is 0 Å². The van der Waals surface area contributed by atoms with Gasteiger partial charge in [0.05, 0.1) is 0 Å². The minimum absolute atomic E-state index is 0.737. The van der Waals surface area contributed by atoms with Crippen LogP contribution in [0.4, 0.5) is 5.82 Å². The summed E-state index contributed by atoms with van der Waals surface area (Å²) in [6.45, 7) is 4.42. The first kappa shape index (κ1) is 12.4. The van der Waals surface area contributed by atoms with E-state index >= 15 is 0 Å². The highest BCUT2D eigenvalue weighted by Gasteiger charge is 2.21. The van der Waals surface area contributed by atoms with E-state index in [-0.39, 0.29) is 0 Å². The molecule has 1 aromatic heterocycles. The lowest BCUT2D eigenvalue weighted by atomic mass is 10.0. The molecule has 1 aromatic rings. The predicted octanol–water partition coefficient (Wildman–Crippen LogP) is 2.17. The fourth-order valence-corrected chi connectivity index (χ4v) is 2.42. The fourth-order valence-electron chi connectivity index (χ4n) is 2.42. The van der Waals surface area contributed by atoms with Gasteiger partial charge in [-0.1, -0.05) is 13.0 Å². The molecule has 0 spiro atoms. The molecular weight excluding hydrogens is 210 g/mol. The average Bonchev–Trinajstić information content (AvgIpc) is 2.39. The standard InChI is InChI=1S/C14H23N3/c1-4-12-5-6-14(15-11-12)17-9-7-13(8-10-17)16(2)3/h5-6,11,13H,4,7-10H2,1-3H3. The number of aromatic nitrogens is 1. The third-order valence-electron chi connectivity index (χ3n) is 3.74. The van der Waals surface area contributed by atoms with E-state index in [1.165, 1.54) is 18.4 Å². The van der Waals surface area contributed by atoms with Gasteiger partial charge in [0.1, 0.15) is 5.82 Å². The maximum atomic E-state index is 4.56. The molecule has 0 radical (unpaired) electrons. The lowest BCUT2D eigenvalue weighted by molar-refractivity contribution is 0.249. The van der Waals surface area contributed by atoms with E-state index < -0.39 is 0 Å². The van der Waals surface area contributed by atoms with Crippen molar-refractivity contribution in [3.63, 3.8) is 0 Å². The second-order valence-corrected chi connectivity index (χ2v) is 5.06. The zero-order valence-electron chi connectivity index (χ0n) is 11.2. The summed E-state index contributed by atoms with van der Waals surface area (Å²) in [5.41, 5.74) is 1.32. The average molecular weight is 233 g/mol. The molecule has 1 aliphatic heterocycles. The Morgan fingerprint density at radius 2 is 2.00 bits per heavy atom. The first-order valence-corrected chi connectivity index (χ1v) is 6.57. The first-order chi connectivity index (χ1) is 8.20. The van der Waals surface area contributed by atoms with Crippen molar-refractivity contribution in [3.05, 3.63) is 23.9 Å². The predicted molar refractivity (Wildman–Crippen MR) is 72.5 cm³/mol. The van der Waals surface area contributed by atoms with E-state index in [1.54, 1.807) is 0 Å². The second kappa shape index (κ2) is 5.50. The summed E-state index contributed by atoms with van der Waals surface area (Å²) in [5, 5.41) is 0. The van der Waals surface area contributed by atoms with Gasteiger partial charge in [-0.25, -0.2) is 4.98 Å². The molecule has 1 saturated heterocycles. The molecule has 0 atom stereocenters. The number of rotatable bonds is 3. The molecular formula is C14H23N3. The van der Waals surface area contributed by atoms with Crippen LogP contribution in [0.2, 0.25) is 0 Å². The quantitative estimate of drug-likeness (QED) is 0.797. The number of piperidine rings is 1. The van der Waals surface area contributed by atoms with Crippen molar-refractivity contribution < 1.29 is 0 Å². The Bertz CT molecular complexity index is 337. The monoisotopic (exact) mass is 233 g/mol. The van der Waals surface area contributed by atoms with Crippen LogP contribution in [0.15, 0.2) is 18.3 Å². The number of hydrogen-bond acceptors (Lipinski definition) is 3. The minimum atomic E-state index is 0.737. The normalized spacial score (nSPS) is 17.8. The summed E-state index contributed by atoms with van der Waals surface area (Å²) in [6.07, 6.45) is 5.55. The lowest BCUT2D eigenvalue weighted by Crippen LogP contribution is -2.42. The highest BCUT2D eigenvalue weighted by Crippen LogP contribution is 2.19. The van der Waals surface area contributed by atoms with Gasteiger partial charge < -0.3 is 9.80 Å². The summed E-state index contributed by atoms with van der Waals surface area (Å²) in [4.78, 5) is 9.30. The highest BCUT2D eigenvalue weighted by molar-refractivity contribution is 5.39. The largest absolute Gasteiger partial charge is 0.357 e. The van der Waals surface area contributed by atoms with Gasteiger partial charge in [-0.15, -0.1) is 0 Å². The van der Waals surface area contributed by atoms with Crippen LogP contribution in [0.3, 0.4) is 0 Å². The molecule has 0 bridgehead atoms. The molecule has 1 fully saturated rings. The minimum Gasteiger partial charge on any atom is -0.357 e. The Balaban J connectivity index is 1.95. The van der Waals surface area contributed by atoms with Gasteiger partial charge in [0, 0.05) is 25.3 Å². The van der Waals surface area contributed by atoms with Crippen LogP contribution in [0.25, 0.3) is 0 Å². The van der Waals surface area contributed by atoms with Crippen molar-refractivity contribution in [2.24, 2.45) is 0 Å². The lowest BCUT2D eigenvalue weighted by Gasteiger charge is -2.35. The van der Waals surface area contributed by atoms with Gasteiger partial charge in [-0.2, -0.15) is 0 Å². The second-order valence-electron chi connectivity index (χ2n) is 5.06. The van der Waals surface area contributed by atoms with Gasteiger partial charge in [0.25, 0.3) is 0 Å². The van der Waals surface area contributed by atoms with Gasteiger partial charge >= 0.3 is 0 Å². The van der Waals surface area contributed by atoms with E-state index in [0.29, 0.717) is 0 Å². The van der Waals surface area contributed by atoms with E-state index in [0.717, 1.165) is 31.4 Å². The molecule has 3 nitrogen and oxygen atoms in total. The molecule has 0 unspecified atom stereocenters. The molecule has 0 saturated carbocycles. The molecule has 94 valence electrons. The fraction of sp³-hybridized carbons (Fsp3) is 0.643. The van der Waals surface area contributed by atoms with Crippen molar-refractivity contribution >= 4 is 5.82 Å². The number of pyridine rings is 1. The first-order valence-electron chi connectivity index (χ1n) is 6.57. The van der Waals surface area contributed by atoms with E-state index in [9.17, 15) is 0 Å². The van der Waals surface area contributed by atoms with Crippen LogP contribution in [0, 0.1) is 0 Å². The van der Waals surface area contributed by atoms with Gasteiger partial charge in [-0.05, 0) is 45.0 Å². The van der Waals surface area contributed by atoms with Crippen LogP contribution in [-0.4, -0.2) is 43.1 Å². The molecule has 0 aliphatic carbocycles. The summed E-state index contributed by atoms with van der Waals surface area (Å²) < 4.78 is 0. The topological polar surface area (TPSA) is 19.4 Å². The van der Waals surface area contributed by atoms with E-state index in [2.05, 4.69) is 47.9 Å². The zero-order chi connectivity index (χ0) is 12.3. The summed E-state index contributed by atoms with van der Waals surface area (Å²) >= 11 is 0. The van der Waals surface area contributed by atoms with Gasteiger partial charge in [-0.3, -0.25) is 0 Å². The van der Waals surface area contributed by atoms with Crippen LogP contribution in [0.5, 0.6) is 0 Å². The van der Waals surface area contributed by atoms with Crippen LogP contribution in [0.1, 0.15) is 25.3 Å². The Kier molecular flexibility index (Phi) is 4.00. The van der Waals surface area contributed by atoms with Gasteiger partial charge in [0.15, 0.2) is 0 Å². The molecule has 1 aliphatic rings. The molecule has 2 heterocycles. The van der Waals surface area contributed by atoms with Crippen LogP contribution in [-0.2, 0) is 6.42 Å². The molecule has 0 aromatic carbocycles. The van der Waals surface area contributed by atoms with Crippen molar-refractivity contribution in [2.45, 2.75) is 32.2 Å².